The van der Waals surface area contributed by atoms with Crippen molar-refractivity contribution in [2.75, 3.05) is 5.73 Å². The van der Waals surface area contributed by atoms with Crippen molar-refractivity contribution in [3.05, 3.63) is 39.9 Å². The number of nitrogens with two attached hydrogens (primary N) is 2. The van der Waals surface area contributed by atoms with Gasteiger partial charge < -0.3 is 31.9 Å². The van der Waals surface area contributed by atoms with Crippen molar-refractivity contribution >= 4 is 28.9 Å². The first-order valence-corrected chi connectivity index (χ1v) is 8.77. The Labute approximate surface area is 162 Å². The van der Waals surface area contributed by atoms with E-state index >= 15 is 0 Å². The fraction of sp³-hybridized carbons (Fsp3) is 0.316. The lowest BCUT2D eigenvalue weighted by atomic mass is 9.59. The van der Waals surface area contributed by atoms with Gasteiger partial charge in [-0.1, -0.05) is 0 Å². The SMILES string of the molecule is NC(=O)C1=C(O)[C@@]2(O)C(=O)C3=C(O)c4c(cc(F)c(N)c4O)C[C@H]3C[C@H]2CC1=O. The number of fused-ring (bicyclic) bond motifs is 3. The molecule has 3 atom stereocenters. The van der Waals surface area contributed by atoms with Crippen LogP contribution in [0, 0.1) is 17.7 Å². The van der Waals surface area contributed by atoms with Gasteiger partial charge in [-0.05, 0) is 30.4 Å². The van der Waals surface area contributed by atoms with E-state index in [0.29, 0.717) is 0 Å². The maximum absolute atomic E-state index is 13.9. The molecule has 29 heavy (non-hydrogen) atoms. The highest BCUT2D eigenvalue weighted by Gasteiger charge is 2.60. The molecule has 1 amide bonds. The number of halogens is 1. The number of benzene rings is 1. The van der Waals surface area contributed by atoms with Crippen molar-refractivity contribution in [1.29, 1.82) is 0 Å². The zero-order chi connectivity index (χ0) is 21.4. The minimum atomic E-state index is -2.63. The van der Waals surface area contributed by atoms with E-state index in [0.717, 1.165) is 6.07 Å². The minimum absolute atomic E-state index is 0.0182. The first-order chi connectivity index (χ1) is 13.5. The molecule has 3 aliphatic carbocycles. The van der Waals surface area contributed by atoms with Gasteiger partial charge in [-0.3, -0.25) is 14.4 Å². The molecule has 0 radical (unpaired) electrons. The van der Waals surface area contributed by atoms with Crippen LogP contribution in [0.4, 0.5) is 10.1 Å². The van der Waals surface area contributed by atoms with Crippen LogP contribution in [0.25, 0.3) is 5.76 Å². The highest BCUT2D eigenvalue weighted by Crippen LogP contribution is 2.52. The average molecular weight is 404 g/mol. The van der Waals surface area contributed by atoms with E-state index in [2.05, 4.69) is 0 Å². The number of aromatic hydroxyl groups is 1. The van der Waals surface area contributed by atoms with Crippen molar-refractivity contribution in [3.63, 3.8) is 0 Å². The monoisotopic (exact) mass is 404 g/mol. The van der Waals surface area contributed by atoms with E-state index in [-0.39, 0.29) is 29.5 Å². The summed E-state index contributed by atoms with van der Waals surface area (Å²) in [5, 5.41) is 42.3. The summed E-state index contributed by atoms with van der Waals surface area (Å²) in [6, 6.07) is 1.04. The van der Waals surface area contributed by atoms with Gasteiger partial charge in [0.05, 0.1) is 5.56 Å². The van der Waals surface area contributed by atoms with Gasteiger partial charge in [0.2, 0.25) is 5.78 Å². The van der Waals surface area contributed by atoms with Crippen molar-refractivity contribution in [2.45, 2.75) is 24.9 Å². The number of anilines is 1. The molecule has 0 saturated heterocycles. The molecule has 1 aromatic carbocycles. The van der Waals surface area contributed by atoms with Crippen LogP contribution in [0.2, 0.25) is 0 Å². The number of rotatable bonds is 1. The van der Waals surface area contributed by atoms with Crippen molar-refractivity contribution < 1.29 is 39.2 Å². The van der Waals surface area contributed by atoms with Gasteiger partial charge in [-0.2, -0.15) is 0 Å². The Kier molecular flexibility index (Phi) is 3.79. The molecule has 1 fully saturated rings. The average Bonchev–Trinajstić information content (AvgIpc) is 2.62. The summed E-state index contributed by atoms with van der Waals surface area (Å²) in [4.78, 5) is 36.9. The van der Waals surface area contributed by atoms with E-state index in [9.17, 15) is 39.2 Å². The van der Waals surface area contributed by atoms with E-state index < -0.39 is 75.7 Å². The van der Waals surface area contributed by atoms with E-state index in [1.54, 1.807) is 0 Å². The highest BCUT2D eigenvalue weighted by molar-refractivity contribution is 6.22. The lowest BCUT2D eigenvalue weighted by Crippen LogP contribution is -2.58. The van der Waals surface area contributed by atoms with Crippen LogP contribution in [-0.4, -0.2) is 43.5 Å². The van der Waals surface area contributed by atoms with Crippen LogP contribution in [0.1, 0.15) is 24.0 Å². The van der Waals surface area contributed by atoms with Crippen molar-refractivity contribution in [1.82, 2.24) is 0 Å². The fourth-order valence-electron chi connectivity index (χ4n) is 4.66. The smallest absolute Gasteiger partial charge is 0.255 e. The largest absolute Gasteiger partial charge is 0.508 e. The van der Waals surface area contributed by atoms with E-state index in [1.165, 1.54) is 0 Å². The summed E-state index contributed by atoms with van der Waals surface area (Å²) in [7, 11) is 0. The molecule has 0 bridgehead atoms. The number of hydrogen-bond acceptors (Lipinski definition) is 8. The summed E-state index contributed by atoms with van der Waals surface area (Å²) in [5.41, 5.74) is 6.13. The van der Waals surface area contributed by atoms with Gasteiger partial charge in [0.15, 0.2) is 17.1 Å². The second kappa shape index (κ2) is 5.80. The quantitative estimate of drug-likeness (QED) is 0.217. The van der Waals surface area contributed by atoms with Crippen LogP contribution in [-0.2, 0) is 20.8 Å². The lowest BCUT2D eigenvalue weighted by molar-refractivity contribution is -0.147. The number of amides is 1. The summed E-state index contributed by atoms with van der Waals surface area (Å²) in [6.45, 7) is 0. The number of phenols is 1. The third-order valence-electron chi connectivity index (χ3n) is 6.04. The molecule has 9 nitrogen and oxygen atoms in total. The number of nitrogen functional groups attached to an aromatic ring is 1. The third kappa shape index (κ3) is 2.26. The zero-order valence-corrected chi connectivity index (χ0v) is 14.9. The van der Waals surface area contributed by atoms with Crippen molar-refractivity contribution in [3.8, 4) is 5.75 Å². The van der Waals surface area contributed by atoms with Crippen LogP contribution >= 0.6 is 0 Å². The Hall–Kier alpha value is -3.40. The van der Waals surface area contributed by atoms with E-state index in [1.807, 2.05) is 0 Å². The second-order valence-corrected chi connectivity index (χ2v) is 7.56. The molecule has 0 heterocycles. The standard InChI is InChI=1S/C19H17FN2O7/c20-8-3-6-1-5-2-7-4-9(23)12(18(22)28)17(27)19(7,29)16(26)11(5)14(24)10(6)15(25)13(8)21/h3,5,7,24-25,27,29H,1-2,4,21H2,(H2,22,28)/t5-,7-,19-/m0/s1. The Morgan fingerprint density at radius 2 is 1.86 bits per heavy atom. The number of aliphatic hydroxyl groups excluding tert-OH is 2. The van der Waals surface area contributed by atoms with Crippen LogP contribution < -0.4 is 11.5 Å². The first kappa shape index (κ1) is 18.9. The number of carbonyl (C=O) groups is 3. The summed E-state index contributed by atoms with van der Waals surface area (Å²) in [5.74, 6) is -8.49. The van der Waals surface area contributed by atoms with Crippen LogP contribution in [0.3, 0.4) is 0 Å². The first-order valence-electron chi connectivity index (χ1n) is 8.77. The predicted molar refractivity (Wildman–Crippen MR) is 95.8 cm³/mol. The molecule has 4 rings (SSSR count). The Morgan fingerprint density at radius 1 is 1.21 bits per heavy atom. The molecule has 0 unspecified atom stereocenters. The lowest BCUT2D eigenvalue weighted by Gasteiger charge is -2.46. The number of Topliss-reactive ketones (excluding diaryl/α,β-unsaturated/α-hetero) is 2. The molecule has 0 aliphatic heterocycles. The van der Waals surface area contributed by atoms with E-state index in [4.69, 9.17) is 11.5 Å². The van der Waals surface area contributed by atoms with Gasteiger partial charge in [0, 0.05) is 17.9 Å². The molecule has 3 aliphatic rings. The zero-order valence-electron chi connectivity index (χ0n) is 14.9. The minimum Gasteiger partial charge on any atom is -0.508 e. The predicted octanol–water partition coefficient (Wildman–Crippen LogP) is 0.145. The number of carbonyl (C=O) groups excluding carboxylic acids is 3. The number of phenolic OH excluding ortho intramolecular Hbond substituents is 1. The van der Waals surface area contributed by atoms with Gasteiger partial charge in [0.25, 0.3) is 5.91 Å². The molecular weight excluding hydrogens is 387 g/mol. The fourth-order valence-corrected chi connectivity index (χ4v) is 4.66. The van der Waals surface area contributed by atoms with Gasteiger partial charge >= 0.3 is 0 Å². The van der Waals surface area contributed by atoms with Crippen LogP contribution in [0.15, 0.2) is 23.0 Å². The molecule has 0 spiro atoms. The molecule has 10 heteroatoms. The maximum atomic E-state index is 13.9. The Bertz CT molecular complexity index is 1090. The number of aliphatic hydroxyl groups is 3. The molecule has 0 aromatic heterocycles. The summed E-state index contributed by atoms with van der Waals surface area (Å²) in [6.07, 6.45) is -0.405. The molecule has 152 valence electrons. The number of primary amides is 1. The number of ketones is 2. The molecule has 1 aromatic rings. The number of hydrogen-bond donors (Lipinski definition) is 6. The molecule has 1 saturated carbocycles. The second-order valence-electron chi connectivity index (χ2n) is 7.56. The van der Waals surface area contributed by atoms with Gasteiger partial charge in [-0.15, -0.1) is 0 Å². The maximum Gasteiger partial charge on any atom is 0.255 e. The third-order valence-corrected chi connectivity index (χ3v) is 6.04. The van der Waals surface area contributed by atoms with Crippen LogP contribution in [0.5, 0.6) is 5.75 Å². The van der Waals surface area contributed by atoms with Gasteiger partial charge in [0.1, 0.15) is 28.6 Å². The molecular formula is C19H17FN2O7. The normalized spacial score (nSPS) is 28.8. The summed E-state index contributed by atoms with van der Waals surface area (Å²) < 4.78 is 13.9. The van der Waals surface area contributed by atoms with Gasteiger partial charge in [-0.25, -0.2) is 4.39 Å². The Morgan fingerprint density at radius 3 is 2.48 bits per heavy atom. The highest BCUT2D eigenvalue weighted by atomic mass is 19.1. The topological polar surface area (TPSA) is 184 Å². The van der Waals surface area contributed by atoms with Crippen molar-refractivity contribution in [2.24, 2.45) is 17.6 Å². The summed E-state index contributed by atoms with van der Waals surface area (Å²) >= 11 is 0. The Balaban J connectivity index is 1.95. The molecule has 8 N–H and O–H groups in total.